The molecular formula is C29H30N6O2. The SMILES string of the molecule is COCc1c(C(=O)N2CCCC[C@@H]2c2cccnc2)cnn1-c1ncc2c(n1)-c1ccccc1CCC2. The molecule has 0 spiro atoms. The molecule has 1 fully saturated rings. The first-order chi connectivity index (χ1) is 18.2. The first-order valence-electron chi connectivity index (χ1n) is 13.0. The van der Waals surface area contributed by atoms with Crippen molar-refractivity contribution in [3.63, 3.8) is 0 Å². The van der Waals surface area contributed by atoms with Gasteiger partial charge in [-0.25, -0.2) is 9.97 Å². The number of rotatable bonds is 5. The third kappa shape index (κ3) is 4.42. The lowest BCUT2D eigenvalue weighted by Crippen LogP contribution is -2.39. The number of fused-ring (bicyclic) bond motifs is 3. The van der Waals surface area contributed by atoms with Gasteiger partial charge in [0, 0.05) is 37.8 Å². The Kier molecular flexibility index (Phi) is 6.49. The standard InChI is InChI=1S/C29H30N6O2/c1-37-19-26-24(28(36)34-15-5-4-13-25(34)21-11-7-14-30-16-21)18-32-35(26)29-31-17-22-10-6-9-20-8-2-3-12-23(20)27(22)33-29/h2-3,7-8,11-12,14,16-18,25H,4-6,9-10,13,15,19H2,1H3/t25-/m1/s1. The van der Waals surface area contributed by atoms with E-state index in [1.807, 2.05) is 35.5 Å². The first-order valence-corrected chi connectivity index (χ1v) is 13.0. The Morgan fingerprint density at radius 3 is 2.78 bits per heavy atom. The predicted molar refractivity (Wildman–Crippen MR) is 139 cm³/mol. The average Bonchev–Trinajstić information content (AvgIpc) is 3.28. The number of carbonyl (C=O) groups excluding carboxylic acids is 1. The Morgan fingerprint density at radius 2 is 1.92 bits per heavy atom. The summed E-state index contributed by atoms with van der Waals surface area (Å²) < 4.78 is 7.19. The van der Waals surface area contributed by atoms with E-state index in [0.717, 1.165) is 60.9 Å². The third-order valence-corrected chi connectivity index (χ3v) is 7.42. The monoisotopic (exact) mass is 494 g/mol. The van der Waals surface area contributed by atoms with E-state index in [1.54, 1.807) is 24.2 Å². The van der Waals surface area contributed by atoms with Gasteiger partial charge in [0.15, 0.2) is 0 Å². The Morgan fingerprint density at radius 1 is 1.03 bits per heavy atom. The number of aryl methyl sites for hydroxylation is 2. The van der Waals surface area contributed by atoms with Crippen LogP contribution in [-0.2, 0) is 24.2 Å². The summed E-state index contributed by atoms with van der Waals surface area (Å²) in [6, 6.07) is 12.4. The molecule has 4 aromatic rings. The van der Waals surface area contributed by atoms with Gasteiger partial charge in [-0.2, -0.15) is 9.78 Å². The number of hydrogen-bond acceptors (Lipinski definition) is 6. The summed E-state index contributed by atoms with van der Waals surface area (Å²) in [5, 5.41) is 4.60. The molecule has 6 rings (SSSR count). The largest absolute Gasteiger partial charge is 0.378 e. The van der Waals surface area contributed by atoms with Crippen LogP contribution in [0.3, 0.4) is 0 Å². The number of methoxy groups -OCH3 is 1. The van der Waals surface area contributed by atoms with E-state index in [1.165, 1.54) is 5.56 Å². The van der Waals surface area contributed by atoms with Crippen LogP contribution in [0.4, 0.5) is 0 Å². The van der Waals surface area contributed by atoms with E-state index in [2.05, 4.69) is 33.3 Å². The molecule has 188 valence electrons. The smallest absolute Gasteiger partial charge is 0.257 e. The lowest BCUT2D eigenvalue weighted by molar-refractivity contribution is 0.0606. The second kappa shape index (κ2) is 10.2. The fraction of sp³-hybridized carbons (Fsp3) is 0.345. The number of aromatic nitrogens is 5. The first kappa shape index (κ1) is 23.5. The minimum Gasteiger partial charge on any atom is -0.378 e. The molecule has 2 aliphatic rings. The van der Waals surface area contributed by atoms with Gasteiger partial charge in [-0.05, 0) is 61.3 Å². The molecular weight excluding hydrogens is 464 g/mol. The molecule has 4 heterocycles. The van der Waals surface area contributed by atoms with Crippen molar-refractivity contribution in [2.24, 2.45) is 0 Å². The van der Waals surface area contributed by atoms with E-state index in [9.17, 15) is 4.79 Å². The van der Waals surface area contributed by atoms with Crippen LogP contribution in [0, 0.1) is 0 Å². The molecule has 1 saturated heterocycles. The van der Waals surface area contributed by atoms with Crippen LogP contribution in [0.25, 0.3) is 17.2 Å². The maximum Gasteiger partial charge on any atom is 0.257 e. The number of ether oxygens (including phenoxy) is 1. The maximum absolute atomic E-state index is 13.9. The average molecular weight is 495 g/mol. The van der Waals surface area contributed by atoms with Crippen molar-refractivity contribution in [1.82, 2.24) is 29.6 Å². The van der Waals surface area contributed by atoms with Gasteiger partial charge in [-0.3, -0.25) is 9.78 Å². The summed E-state index contributed by atoms with van der Waals surface area (Å²) in [5.74, 6) is 0.399. The second-order valence-electron chi connectivity index (χ2n) is 9.70. The Bertz CT molecular complexity index is 1420. The summed E-state index contributed by atoms with van der Waals surface area (Å²) in [6.45, 7) is 0.922. The van der Waals surface area contributed by atoms with Crippen LogP contribution in [0.1, 0.15) is 64.5 Å². The van der Waals surface area contributed by atoms with Gasteiger partial charge < -0.3 is 9.64 Å². The molecule has 0 unspecified atom stereocenters. The van der Waals surface area contributed by atoms with Crippen molar-refractivity contribution >= 4 is 5.91 Å². The Labute approximate surface area is 216 Å². The van der Waals surface area contributed by atoms with Gasteiger partial charge in [0.1, 0.15) is 0 Å². The van der Waals surface area contributed by atoms with Crippen molar-refractivity contribution in [2.75, 3.05) is 13.7 Å². The lowest BCUT2D eigenvalue weighted by Gasteiger charge is -2.36. The van der Waals surface area contributed by atoms with Crippen LogP contribution >= 0.6 is 0 Å². The highest BCUT2D eigenvalue weighted by Gasteiger charge is 2.32. The predicted octanol–water partition coefficient (Wildman–Crippen LogP) is 4.73. The third-order valence-electron chi connectivity index (χ3n) is 7.42. The number of pyridine rings is 1. The highest BCUT2D eigenvalue weighted by Crippen LogP contribution is 2.33. The van der Waals surface area contributed by atoms with Gasteiger partial charge in [-0.15, -0.1) is 0 Å². The molecule has 8 heteroatoms. The number of likely N-dealkylation sites (tertiary alicyclic amines) is 1. The zero-order chi connectivity index (χ0) is 25.2. The normalized spacial score (nSPS) is 17.1. The quantitative estimate of drug-likeness (QED) is 0.399. The zero-order valence-corrected chi connectivity index (χ0v) is 21.0. The molecule has 1 aromatic carbocycles. The van der Waals surface area contributed by atoms with Crippen LogP contribution in [0.2, 0.25) is 0 Å². The number of hydrogen-bond donors (Lipinski definition) is 0. The van der Waals surface area contributed by atoms with Crippen LogP contribution < -0.4 is 0 Å². The topological polar surface area (TPSA) is 86.0 Å². The molecule has 3 aromatic heterocycles. The molecule has 8 nitrogen and oxygen atoms in total. The number of benzene rings is 1. The van der Waals surface area contributed by atoms with Crippen LogP contribution in [-0.4, -0.2) is 49.2 Å². The van der Waals surface area contributed by atoms with Gasteiger partial charge in [0.05, 0.1) is 35.8 Å². The number of amides is 1. The molecule has 0 N–H and O–H groups in total. The number of piperidine rings is 1. The minimum absolute atomic E-state index is 0.00561. The van der Waals surface area contributed by atoms with Gasteiger partial charge in [0.25, 0.3) is 11.9 Å². The summed E-state index contributed by atoms with van der Waals surface area (Å²) in [4.78, 5) is 29.8. The van der Waals surface area contributed by atoms with Crippen molar-refractivity contribution in [3.05, 3.63) is 89.1 Å². The molecule has 1 aliphatic carbocycles. The fourth-order valence-electron chi connectivity index (χ4n) is 5.60. The van der Waals surface area contributed by atoms with E-state index in [0.29, 0.717) is 23.8 Å². The lowest BCUT2D eigenvalue weighted by atomic mass is 9.95. The summed E-state index contributed by atoms with van der Waals surface area (Å²) in [6.07, 6.45) is 13.1. The van der Waals surface area contributed by atoms with Crippen LogP contribution in [0.15, 0.2) is 61.2 Å². The molecule has 0 bridgehead atoms. The maximum atomic E-state index is 13.9. The molecule has 1 atom stereocenters. The van der Waals surface area contributed by atoms with Crippen molar-refractivity contribution in [1.29, 1.82) is 0 Å². The Hall–Kier alpha value is -3.91. The number of nitrogens with zero attached hydrogens (tertiary/aromatic N) is 6. The van der Waals surface area contributed by atoms with Crippen LogP contribution in [0.5, 0.6) is 0 Å². The highest BCUT2D eigenvalue weighted by atomic mass is 16.5. The Balaban J connectivity index is 1.39. The molecule has 37 heavy (non-hydrogen) atoms. The van der Waals surface area contributed by atoms with Crippen molar-refractivity contribution in [3.8, 4) is 17.2 Å². The van der Waals surface area contributed by atoms with Crippen molar-refractivity contribution in [2.45, 2.75) is 51.2 Å². The van der Waals surface area contributed by atoms with E-state index in [-0.39, 0.29) is 18.6 Å². The fourth-order valence-corrected chi connectivity index (χ4v) is 5.60. The second-order valence-corrected chi connectivity index (χ2v) is 9.70. The zero-order valence-electron chi connectivity index (χ0n) is 21.0. The highest BCUT2D eigenvalue weighted by molar-refractivity contribution is 5.95. The summed E-state index contributed by atoms with van der Waals surface area (Å²) in [7, 11) is 1.62. The molecule has 0 radical (unpaired) electrons. The van der Waals surface area contributed by atoms with E-state index in [4.69, 9.17) is 9.72 Å². The van der Waals surface area contributed by atoms with Gasteiger partial charge in [0.2, 0.25) is 0 Å². The van der Waals surface area contributed by atoms with E-state index >= 15 is 0 Å². The number of carbonyl (C=O) groups is 1. The molecule has 1 aliphatic heterocycles. The van der Waals surface area contributed by atoms with E-state index < -0.39 is 0 Å². The minimum atomic E-state index is -0.0491. The summed E-state index contributed by atoms with van der Waals surface area (Å²) in [5.41, 5.74) is 6.76. The molecule has 0 saturated carbocycles. The van der Waals surface area contributed by atoms with Crippen molar-refractivity contribution < 1.29 is 9.53 Å². The van der Waals surface area contributed by atoms with Gasteiger partial charge >= 0.3 is 0 Å². The molecule has 1 amide bonds. The summed E-state index contributed by atoms with van der Waals surface area (Å²) >= 11 is 0. The van der Waals surface area contributed by atoms with Gasteiger partial charge in [-0.1, -0.05) is 30.3 Å².